The van der Waals surface area contributed by atoms with Gasteiger partial charge in [-0.1, -0.05) is 172 Å². The zero-order valence-electron chi connectivity index (χ0n) is 34.3. The van der Waals surface area contributed by atoms with Crippen molar-refractivity contribution in [1.29, 1.82) is 0 Å². The number of nitrogens with zero attached hydrogens (tertiary/aromatic N) is 1. The first-order chi connectivity index (χ1) is 29.4. The van der Waals surface area contributed by atoms with Crippen molar-refractivity contribution in [1.82, 2.24) is 0 Å². The Morgan fingerprint density at radius 3 is 1.67 bits per heavy atom. The SMILES string of the molecule is C=Cc1cc2c(cc1/C=C(\C)N(c1ccc3c(c1)C(c1ccccc1)(c1ccccc1)c1ccccc1-3)c1ccc3ccccc3c1)C(C)(C)c1cc3ccccc3cc1-2. The standard InChI is InChI=1S/C59H45N/c1-5-40-34-52-53-35-43-20-14-15-21-44(43)36-55(53)58(3,4)56(52)37-45(40)32-39(2)60(48-29-28-41-18-12-13-19-42(41)33-48)49-30-31-51-50-26-16-17-27-54(50)59(57(51)38-49,46-22-8-6-9-23-46)47-24-10-7-11-25-47/h5-38H,1H2,2-4H3/b39-32+. The first-order valence-electron chi connectivity index (χ1n) is 21.0. The molecule has 1 nitrogen and oxygen atoms in total. The van der Waals surface area contributed by atoms with Crippen LogP contribution in [-0.2, 0) is 10.8 Å². The van der Waals surface area contributed by atoms with Crippen LogP contribution in [0.15, 0.2) is 206 Å². The molecule has 2 aliphatic carbocycles. The maximum atomic E-state index is 4.35. The molecule has 9 aromatic rings. The molecule has 2 aliphatic rings. The van der Waals surface area contributed by atoms with Crippen LogP contribution in [0.1, 0.15) is 65.3 Å². The minimum absolute atomic E-state index is 0.157. The van der Waals surface area contributed by atoms with E-state index in [9.17, 15) is 0 Å². The second kappa shape index (κ2) is 13.7. The molecule has 0 radical (unpaired) electrons. The molecule has 0 saturated carbocycles. The van der Waals surface area contributed by atoms with Gasteiger partial charge in [0.25, 0.3) is 0 Å². The predicted octanol–water partition coefficient (Wildman–Crippen LogP) is 15.5. The highest BCUT2D eigenvalue weighted by Gasteiger charge is 2.46. The predicted molar refractivity (Wildman–Crippen MR) is 255 cm³/mol. The Balaban J connectivity index is 1.13. The highest BCUT2D eigenvalue weighted by Crippen LogP contribution is 2.57. The Bertz CT molecular complexity index is 3160. The van der Waals surface area contributed by atoms with Gasteiger partial charge < -0.3 is 4.90 Å². The third-order valence-corrected chi connectivity index (χ3v) is 13.4. The number of allylic oxidation sites excluding steroid dienone is 1. The van der Waals surface area contributed by atoms with Gasteiger partial charge in [0.15, 0.2) is 0 Å². The van der Waals surface area contributed by atoms with Crippen molar-refractivity contribution < 1.29 is 0 Å². The average Bonchev–Trinajstić information content (AvgIpc) is 3.70. The molecule has 0 aliphatic heterocycles. The Kier molecular flexibility index (Phi) is 8.19. The molecule has 11 rings (SSSR count). The Hall–Kier alpha value is -7.22. The van der Waals surface area contributed by atoms with E-state index in [-0.39, 0.29) is 5.41 Å². The lowest BCUT2D eigenvalue weighted by Crippen LogP contribution is -2.28. The summed E-state index contributed by atoms with van der Waals surface area (Å²) < 4.78 is 0. The molecule has 1 heteroatoms. The summed E-state index contributed by atoms with van der Waals surface area (Å²) in [6.45, 7) is 11.3. The third-order valence-electron chi connectivity index (χ3n) is 13.4. The van der Waals surface area contributed by atoms with Gasteiger partial charge in [-0.2, -0.15) is 0 Å². The highest BCUT2D eigenvalue weighted by atomic mass is 15.1. The molecule has 0 amide bonds. The van der Waals surface area contributed by atoms with Gasteiger partial charge in [-0.3, -0.25) is 0 Å². The van der Waals surface area contributed by atoms with E-state index >= 15 is 0 Å². The maximum absolute atomic E-state index is 4.35. The van der Waals surface area contributed by atoms with Crippen LogP contribution in [0.2, 0.25) is 0 Å². The van der Waals surface area contributed by atoms with Crippen molar-refractivity contribution in [3.63, 3.8) is 0 Å². The Labute approximate surface area is 353 Å². The molecule has 0 atom stereocenters. The number of hydrogen-bond donors (Lipinski definition) is 0. The lowest BCUT2D eigenvalue weighted by atomic mass is 9.67. The quantitative estimate of drug-likeness (QED) is 0.156. The molecular formula is C59H45N. The monoisotopic (exact) mass is 767 g/mol. The smallest absolute Gasteiger partial charge is 0.0714 e. The van der Waals surface area contributed by atoms with Crippen molar-refractivity contribution in [3.05, 3.63) is 251 Å². The van der Waals surface area contributed by atoms with E-state index in [2.05, 4.69) is 232 Å². The van der Waals surface area contributed by atoms with Crippen molar-refractivity contribution >= 4 is 45.1 Å². The molecule has 286 valence electrons. The van der Waals surface area contributed by atoms with E-state index in [1.54, 1.807) is 0 Å². The van der Waals surface area contributed by atoms with Gasteiger partial charge in [0, 0.05) is 22.5 Å². The van der Waals surface area contributed by atoms with Crippen LogP contribution in [0.4, 0.5) is 11.4 Å². The minimum atomic E-state index is -0.501. The van der Waals surface area contributed by atoms with E-state index in [4.69, 9.17) is 0 Å². The number of rotatable bonds is 7. The summed E-state index contributed by atoms with van der Waals surface area (Å²) in [7, 11) is 0. The van der Waals surface area contributed by atoms with Crippen molar-refractivity contribution in [3.8, 4) is 22.3 Å². The molecule has 0 aromatic heterocycles. The molecule has 0 heterocycles. The average molecular weight is 768 g/mol. The van der Waals surface area contributed by atoms with E-state index in [1.165, 1.54) is 77.2 Å². The van der Waals surface area contributed by atoms with Crippen molar-refractivity contribution in [2.45, 2.75) is 31.6 Å². The molecule has 60 heavy (non-hydrogen) atoms. The van der Waals surface area contributed by atoms with E-state index in [0.717, 1.165) is 28.2 Å². The second-order valence-electron chi connectivity index (χ2n) is 17.0. The number of hydrogen-bond acceptors (Lipinski definition) is 1. The zero-order chi connectivity index (χ0) is 40.6. The van der Waals surface area contributed by atoms with E-state index < -0.39 is 5.41 Å². The van der Waals surface area contributed by atoms with E-state index in [0.29, 0.717) is 0 Å². The largest absolute Gasteiger partial charge is 0.314 e. The summed E-state index contributed by atoms with van der Waals surface area (Å²) in [5, 5.41) is 4.98. The summed E-state index contributed by atoms with van der Waals surface area (Å²) in [5.74, 6) is 0. The highest BCUT2D eigenvalue weighted by molar-refractivity contribution is 5.96. The van der Waals surface area contributed by atoms with Crippen molar-refractivity contribution in [2.24, 2.45) is 0 Å². The topological polar surface area (TPSA) is 3.24 Å². The van der Waals surface area contributed by atoms with Crippen LogP contribution >= 0.6 is 0 Å². The fourth-order valence-corrected chi connectivity index (χ4v) is 10.5. The van der Waals surface area contributed by atoms with Crippen LogP contribution in [-0.4, -0.2) is 0 Å². The molecule has 0 fully saturated rings. The summed E-state index contributed by atoms with van der Waals surface area (Å²) in [5.41, 5.74) is 18.0. The number of benzene rings is 9. The summed E-state index contributed by atoms with van der Waals surface area (Å²) in [6, 6.07) is 72.0. The second-order valence-corrected chi connectivity index (χ2v) is 17.0. The molecule has 0 saturated heterocycles. The van der Waals surface area contributed by atoms with Gasteiger partial charge in [0.2, 0.25) is 0 Å². The molecule has 9 aromatic carbocycles. The third kappa shape index (κ3) is 5.32. The molecule has 0 unspecified atom stereocenters. The summed E-state index contributed by atoms with van der Waals surface area (Å²) >= 11 is 0. The van der Waals surface area contributed by atoms with E-state index in [1.807, 2.05) is 6.08 Å². The molecular weight excluding hydrogens is 723 g/mol. The zero-order valence-corrected chi connectivity index (χ0v) is 34.3. The summed E-state index contributed by atoms with van der Waals surface area (Å²) in [6.07, 6.45) is 4.39. The van der Waals surface area contributed by atoms with Gasteiger partial charge in [-0.15, -0.1) is 0 Å². The fraction of sp³-hybridized carbons (Fsp3) is 0.0847. The minimum Gasteiger partial charge on any atom is -0.314 e. The van der Waals surface area contributed by atoms with Gasteiger partial charge >= 0.3 is 0 Å². The van der Waals surface area contributed by atoms with Gasteiger partial charge in [-0.25, -0.2) is 0 Å². The van der Waals surface area contributed by atoms with Crippen LogP contribution < -0.4 is 4.90 Å². The maximum Gasteiger partial charge on any atom is 0.0714 e. The van der Waals surface area contributed by atoms with Gasteiger partial charge in [0.1, 0.15) is 0 Å². The Morgan fingerprint density at radius 1 is 0.433 bits per heavy atom. The van der Waals surface area contributed by atoms with Crippen LogP contribution in [0, 0.1) is 0 Å². The number of fused-ring (bicyclic) bond motifs is 8. The summed E-state index contributed by atoms with van der Waals surface area (Å²) in [4.78, 5) is 2.45. The van der Waals surface area contributed by atoms with Crippen LogP contribution in [0.5, 0.6) is 0 Å². The lowest BCUT2D eigenvalue weighted by molar-refractivity contribution is 0.661. The Morgan fingerprint density at radius 2 is 0.967 bits per heavy atom. The molecule has 0 N–H and O–H groups in total. The van der Waals surface area contributed by atoms with Crippen LogP contribution in [0.3, 0.4) is 0 Å². The molecule has 0 bridgehead atoms. The first-order valence-corrected chi connectivity index (χ1v) is 21.0. The van der Waals surface area contributed by atoms with Gasteiger partial charge in [-0.05, 0) is 150 Å². The number of anilines is 2. The van der Waals surface area contributed by atoms with Crippen LogP contribution in [0.25, 0.3) is 56.0 Å². The lowest BCUT2D eigenvalue weighted by Gasteiger charge is -2.35. The first kappa shape index (κ1) is 35.9. The molecule has 0 spiro atoms. The van der Waals surface area contributed by atoms with Gasteiger partial charge in [0.05, 0.1) is 5.41 Å². The van der Waals surface area contributed by atoms with Crippen molar-refractivity contribution in [2.75, 3.05) is 4.90 Å². The normalized spacial score (nSPS) is 14.3. The fourth-order valence-electron chi connectivity index (χ4n) is 10.5.